The van der Waals surface area contributed by atoms with Crippen LogP contribution in [0.1, 0.15) is 43.6 Å². The number of oxazole rings is 1. The Balaban J connectivity index is 1.48. The first-order valence-electron chi connectivity index (χ1n) is 9.53. The van der Waals surface area contributed by atoms with Gasteiger partial charge in [0.15, 0.2) is 0 Å². The van der Waals surface area contributed by atoms with E-state index in [2.05, 4.69) is 16.4 Å². The predicted molar refractivity (Wildman–Crippen MR) is 113 cm³/mol. The third-order valence-corrected chi connectivity index (χ3v) is 6.16. The lowest BCUT2D eigenvalue weighted by molar-refractivity contribution is -0.118. The topological polar surface area (TPSA) is 72.2 Å². The largest absolute Gasteiger partial charge is 0.441 e. The average Bonchev–Trinajstić information content (AvgIpc) is 3.03. The molecule has 3 rings (SSSR count). The van der Waals surface area contributed by atoms with E-state index < -0.39 is 10.8 Å². The highest BCUT2D eigenvalue weighted by Gasteiger charge is 2.16. The summed E-state index contributed by atoms with van der Waals surface area (Å²) in [6, 6.07) is 7.18. The number of carbonyl (C=O) groups is 1. The molecular weight excluding hydrogens is 396 g/mol. The monoisotopic (exact) mass is 420 g/mol. The van der Waals surface area contributed by atoms with Crippen LogP contribution in [0.25, 0.3) is 11.5 Å². The first-order chi connectivity index (χ1) is 13.5. The van der Waals surface area contributed by atoms with Gasteiger partial charge in [0.1, 0.15) is 11.5 Å². The summed E-state index contributed by atoms with van der Waals surface area (Å²) in [5.74, 6) is 1.06. The number of benzene rings is 1. The molecule has 5 nitrogen and oxygen atoms in total. The van der Waals surface area contributed by atoms with Crippen molar-refractivity contribution in [3.8, 4) is 11.5 Å². The highest BCUT2D eigenvalue weighted by Crippen LogP contribution is 2.24. The number of hydrogen-bond donors (Lipinski definition) is 1. The number of rotatable bonds is 8. The van der Waals surface area contributed by atoms with Crippen LogP contribution in [0.4, 0.5) is 0 Å². The predicted octanol–water partition coefficient (Wildman–Crippen LogP) is 4.56. The smallest absolute Gasteiger partial charge is 0.232 e. The van der Waals surface area contributed by atoms with E-state index in [9.17, 15) is 9.00 Å². The van der Waals surface area contributed by atoms with Crippen LogP contribution in [-0.4, -0.2) is 27.4 Å². The molecule has 150 valence electrons. The van der Waals surface area contributed by atoms with Gasteiger partial charge in [0.25, 0.3) is 0 Å². The summed E-state index contributed by atoms with van der Waals surface area (Å²) in [5, 5.41) is 3.51. The van der Waals surface area contributed by atoms with E-state index in [1.807, 2.05) is 12.1 Å². The molecule has 0 spiro atoms. The fraction of sp³-hybridized carbons (Fsp3) is 0.429. The molecule has 1 aromatic heterocycles. The van der Waals surface area contributed by atoms with Gasteiger partial charge in [0.05, 0.1) is 11.4 Å². The van der Waals surface area contributed by atoms with E-state index in [0.29, 0.717) is 28.9 Å². The van der Waals surface area contributed by atoms with Crippen molar-refractivity contribution in [3.63, 3.8) is 0 Å². The Hall–Kier alpha value is -1.92. The standard InChI is InChI=1S/C21H25ClN2O3S/c1-15-19(24-21(27-15)17-7-9-18(22)10-8-17)13-28(26)14-20(25)23-12-11-16-5-3-2-4-6-16/h5,7-10H,2-4,6,11-14H2,1H3,(H,23,25)/t28-/m0/s1. The van der Waals surface area contributed by atoms with Gasteiger partial charge in [-0.2, -0.15) is 0 Å². The molecule has 1 aliphatic rings. The average molecular weight is 421 g/mol. The van der Waals surface area contributed by atoms with Crippen molar-refractivity contribution in [1.29, 1.82) is 0 Å². The van der Waals surface area contributed by atoms with Crippen LogP contribution in [0.5, 0.6) is 0 Å². The van der Waals surface area contributed by atoms with Crippen LogP contribution in [0.15, 0.2) is 40.3 Å². The van der Waals surface area contributed by atoms with Gasteiger partial charge in [-0.25, -0.2) is 4.98 Å². The van der Waals surface area contributed by atoms with E-state index in [1.165, 1.54) is 18.4 Å². The molecule has 7 heteroatoms. The zero-order chi connectivity index (χ0) is 19.9. The lowest BCUT2D eigenvalue weighted by Crippen LogP contribution is -2.29. The van der Waals surface area contributed by atoms with Crippen LogP contribution in [0.2, 0.25) is 5.02 Å². The van der Waals surface area contributed by atoms with Gasteiger partial charge >= 0.3 is 0 Å². The molecule has 28 heavy (non-hydrogen) atoms. The Labute approximate surface area is 173 Å². The number of nitrogens with one attached hydrogen (secondary N) is 1. The lowest BCUT2D eigenvalue weighted by atomic mass is 9.97. The number of halogens is 1. The molecule has 1 aromatic carbocycles. The summed E-state index contributed by atoms with van der Waals surface area (Å²) in [7, 11) is -1.34. The molecule has 0 radical (unpaired) electrons. The third kappa shape index (κ3) is 6.04. The molecule has 0 saturated carbocycles. The van der Waals surface area contributed by atoms with Crippen molar-refractivity contribution in [2.75, 3.05) is 12.3 Å². The highest BCUT2D eigenvalue weighted by molar-refractivity contribution is 7.84. The van der Waals surface area contributed by atoms with Gasteiger partial charge in [-0.15, -0.1) is 0 Å². The molecule has 1 N–H and O–H groups in total. The fourth-order valence-electron chi connectivity index (χ4n) is 3.17. The Morgan fingerprint density at radius 3 is 2.79 bits per heavy atom. The van der Waals surface area contributed by atoms with Gasteiger partial charge in [0, 0.05) is 27.9 Å². The summed E-state index contributed by atoms with van der Waals surface area (Å²) in [6.45, 7) is 2.39. The van der Waals surface area contributed by atoms with Crippen LogP contribution >= 0.6 is 11.6 Å². The summed E-state index contributed by atoms with van der Waals surface area (Å²) in [5.41, 5.74) is 2.84. The van der Waals surface area contributed by atoms with Gasteiger partial charge in [-0.1, -0.05) is 23.3 Å². The summed E-state index contributed by atoms with van der Waals surface area (Å²) in [6.07, 6.45) is 7.92. The Morgan fingerprint density at radius 1 is 1.29 bits per heavy atom. The van der Waals surface area contributed by atoms with E-state index in [4.69, 9.17) is 16.0 Å². The zero-order valence-electron chi connectivity index (χ0n) is 16.0. The van der Waals surface area contributed by atoms with Crippen molar-refractivity contribution >= 4 is 28.3 Å². The second-order valence-corrected chi connectivity index (χ2v) is 8.86. The number of aromatic nitrogens is 1. The maximum absolute atomic E-state index is 12.4. The molecule has 0 saturated heterocycles. The molecular formula is C21H25ClN2O3S. The number of aryl methyl sites for hydroxylation is 1. The molecule has 1 atom stereocenters. The summed E-state index contributed by atoms with van der Waals surface area (Å²) < 4.78 is 18.1. The summed E-state index contributed by atoms with van der Waals surface area (Å²) in [4.78, 5) is 16.5. The van der Waals surface area contributed by atoms with Crippen molar-refractivity contribution in [2.45, 2.75) is 44.8 Å². The molecule has 0 unspecified atom stereocenters. The Morgan fingerprint density at radius 2 is 2.07 bits per heavy atom. The molecule has 0 aliphatic heterocycles. The van der Waals surface area contributed by atoms with Gasteiger partial charge in [-0.05, 0) is 63.3 Å². The van der Waals surface area contributed by atoms with E-state index in [1.54, 1.807) is 19.1 Å². The van der Waals surface area contributed by atoms with E-state index in [-0.39, 0.29) is 17.4 Å². The number of nitrogens with zero attached hydrogens (tertiary/aromatic N) is 1. The maximum atomic E-state index is 12.4. The quantitative estimate of drug-likeness (QED) is 0.635. The SMILES string of the molecule is Cc1oc(-c2ccc(Cl)cc2)nc1C[S@](=O)CC(=O)NCCC1=CCCCC1. The van der Waals surface area contributed by atoms with Crippen LogP contribution < -0.4 is 5.32 Å². The molecule has 2 aromatic rings. The van der Waals surface area contributed by atoms with Crippen LogP contribution in [-0.2, 0) is 21.3 Å². The van der Waals surface area contributed by atoms with Crippen molar-refractivity contribution in [1.82, 2.24) is 10.3 Å². The van der Waals surface area contributed by atoms with E-state index in [0.717, 1.165) is 24.8 Å². The number of amides is 1. The lowest BCUT2D eigenvalue weighted by Gasteiger charge is -2.12. The van der Waals surface area contributed by atoms with Crippen molar-refractivity contribution in [3.05, 3.63) is 52.4 Å². The maximum Gasteiger partial charge on any atom is 0.232 e. The molecule has 0 fully saturated rings. The highest BCUT2D eigenvalue weighted by atomic mass is 35.5. The molecule has 1 amide bonds. The van der Waals surface area contributed by atoms with Crippen LogP contribution in [0, 0.1) is 6.92 Å². The number of carbonyl (C=O) groups excluding carboxylic acids is 1. The van der Waals surface area contributed by atoms with Crippen LogP contribution in [0.3, 0.4) is 0 Å². The van der Waals surface area contributed by atoms with Gasteiger partial charge in [0.2, 0.25) is 11.8 Å². The Bertz CT molecular complexity index is 874. The number of hydrogen-bond acceptors (Lipinski definition) is 4. The zero-order valence-corrected chi connectivity index (χ0v) is 17.6. The fourth-order valence-corrected chi connectivity index (χ4v) is 4.37. The third-order valence-electron chi connectivity index (χ3n) is 4.73. The number of allylic oxidation sites excluding steroid dienone is 1. The van der Waals surface area contributed by atoms with Crippen molar-refractivity contribution < 1.29 is 13.4 Å². The minimum Gasteiger partial charge on any atom is -0.441 e. The minimum absolute atomic E-state index is 0.0262. The van der Waals surface area contributed by atoms with Gasteiger partial charge in [-0.3, -0.25) is 9.00 Å². The second kappa shape index (κ2) is 10.0. The summed E-state index contributed by atoms with van der Waals surface area (Å²) >= 11 is 5.90. The normalized spacial score (nSPS) is 15.1. The second-order valence-electron chi connectivity index (χ2n) is 6.97. The van der Waals surface area contributed by atoms with Crippen molar-refractivity contribution in [2.24, 2.45) is 0 Å². The Kier molecular flexibility index (Phi) is 7.45. The van der Waals surface area contributed by atoms with E-state index >= 15 is 0 Å². The first kappa shape index (κ1) is 20.8. The minimum atomic E-state index is -1.34. The molecule has 1 aliphatic carbocycles. The molecule has 1 heterocycles. The van der Waals surface area contributed by atoms with Gasteiger partial charge < -0.3 is 9.73 Å². The first-order valence-corrected chi connectivity index (χ1v) is 11.4. The molecule has 0 bridgehead atoms.